The molecule has 2 aromatic rings. The zero-order valence-electron chi connectivity index (χ0n) is 10.4. The summed E-state index contributed by atoms with van der Waals surface area (Å²) in [5.74, 6) is 1.86. The number of halogens is 1. The van der Waals surface area contributed by atoms with E-state index >= 15 is 0 Å². The molecule has 4 nitrogen and oxygen atoms in total. The average Bonchev–Trinajstić information content (AvgIpc) is 3.11. The summed E-state index contributed by atoms with van der Waals surface area (Å²) in [4.78, 5) is 20.0. The quantitative estimate of drug-likeness (QED) is 0.907. The van der Waals surface area contributed by atoms with Gasteiger partial charge in [0.1, 0.15) is 11.6 Å². The Morgan fingerprint density at radius 2 is 2.32 bits per heavy atom. The van der Waals surface area contributed by atoms with Gasteiger partial charge in [-0.2, -0.15) is 0 Å². The molecular weight excluding hydrogens is 282 g/mol. The molecule has 2 heterocycles. The molecule has 1 aliphatic rings. The van der Waals surface area contributed by atoms with Gasteiger partial charge in [-0.25, -0.2) is 4.98 Å². The highest BCUT2D eigenvalue weighted by Crippen LogP contribution is 2.38. The lowest BCUT2D eigenvalue weighted by molar-refractivity contribution is 0.860. The van der Waals surface area contributed by atoms with Gasteiger partial charge in [-0.3, -0.25) is 4.79 Å². The highest BCUT2D eigenvalue weighted by molar-refractivity contribution is 7.16. The number of nitrogens with zero attached hydrogens (tertiary/aromatic N) is 1. The van der Waals surface area contributed by atoms with Crippen molar-refractivity contribution < 1.29 is 0 Å². The Labute approximate surface area is 119 Å². The number of aromatic amines is 1. The standard InChI is InChI=1S/C13H14ClN3OS/c1-7(9-4-5-10(14)19-9)15-11-6-12(18)17-13(16-11)8-2-3-8/h4-8H,2-3H2,1H3,(H2,15,16,17,18). The van der Waals surface area contributed by atoms with Crippen molar-refractivity contribution in [1.29, 1.82) is 0 Å². The first-order chi connectivity index (χ1) is 9.11. The predicted octanol–water partition coefficient (Wildman–Crippen LogP) is 3.54. The molecule has 3 rings (SSSR count). The van der Waals surface area contributed by atoms with E-state index in [0.29, 0.717) is 11.7 Å². The summed E-state index contributed by atoms with van der Waals surface area (Å²) in [5, 5.41) is 3.26. The molecule has 0 bridgehead atoms. The smallest absolute Gasteiger partial charge is 0.252 e. The van der Waals surface area contributed by atoms with E-state index in [2.05, 4.69) is 15.3 Å². The van der Waals surface area contributed by atoms with Crippen LogP contribution in [-0.2, 0) is 0 Å². The van der Waals surface area contributed by atoms with Crippen molar-refractivity contribution in [3.63, 3.8) is 0 Å². The van der Waals surface area contributed by atoms with Gasteiger partial charge in [0.15, 0.2) is 0 Å². The second-order valence-electron chi connectivity index (χ2n) is 4.80. The maximum Gasteiger partial charge on any atom is 0.252 e. The Bertz CT molecular complexity index is 647. The summed E-state index contributed by atoms with van der Waals surface area (Å²) in [7, 11) is 0. The molecular formula is C13H14ClN3OS. The number of rotatable bonds is 4. The monoisotopic (exact) mass is 295 g/mol. The van der Waals surface area contributed by atoms with E-state index in [1.54, 1.807) is 0 Å². The van der Waals surface area contributed by atoms with Crippen molar-refractivity contribution in [1.82, 2.24) is 9.97 Å². The van der Waals surface area contributed by atoms with Crippen LogP contribution in [0.15, 0.2) is 23.0 Å². The third-order valence-corrected chi connectivity index (χ3v) is 4.52. The fourth-order valence-electron chi connectivity index (χ4n) is 1.95. The zero-order chi connectivity index (χ0) is 13.4. The number of hydrogen-bond acceptors (Lipinski definition) is 4. The number of nitrogens with one attached hydrogen (secondary N) is 2. The van der Waals surface area contributed by atoms with Crippen molar-refractivity contribution in [2.24, 2.45) is 0 Å². The van der Waals surface area contributed by atoms with E-state index in [-0.39, 0.29) is 11.6 Å². The van der Waals surface area contributed by atoms with Gasteiger partial charge in [-0.1, -0.05) is 11.6 Å². The van der Waals surface area contributed by atoms with Gasteiger partial charge in [-0.05, 0) is 31.9 Å². The normalized spacial score (nSPS) is 16.3. The van der Waals surface area contributed by atoms with Gasteiger partial charge in [0, 0.05) is 16.9 Å². The van der Waals surface area contributed by atoms with Crippen LogP contribution in [0.2, 0.25) is 4.34 Å². The molecule has 100 valence electrons. The molecule has 0 saturated heterocycles. The largest absolute Gasteiger partial charge is 0.363 e. The first kappa shape index (κ1) is 12.7. The van der Waals surface area contributed by atoms with Crippen molar-refractivity contribution in [3.05, 3.63) is 43.6 Å². The summed E-state index contributed by atoms with van der Waals surface area (Å²) in [6, 6.07) is 5.44. The van der Waals surface area contributed by atoms with Gasteiger partial charge in [0.05, 0.1) is 10.4 Å². The van der Waals surface area contributed by atoms with E-state index in [4.69, 9.17) is 11.6 Å². The molecule has 2 aromatic heterocycles. The minimum absolute atomic E-state index is 0.0823. The summed E-state index contributed by atoms with van der Waals surface area (Å²) < 4.78 is 0.765. The SMILES string of the molecule is CC(Nc1cc(=O)[nH]c(C2CC2)n1)c1ccc(Cl)s1. The van der Waals surface area contributed by atoms with Crippen LogP contribution in [0.3, 0.4) is 0 Å². The Hall–Kier alpha value is -1.33. The van der Waals surface area contributed by atoms with Crippen molar-refractivity contribution >= 4 is 28.8 Å². The molecule has 1 fully saturated rings. The van der Waals surface area contributed by atoms with E-state index in [9.17, 15) is 4.79 Å². The zero-order valence-corrected chi connectivity index (χ0v) is 12.0. The van der Waals surface area contributed by atoms with E-state index in [0.717, 1.165) is 27.9 Å². The molecule has 6 heteroatoms. The van der Waals surface area contributed by atoms with Crippen LogP contribution in [0.1, 0.15) is 42.4 Å². The maximum atomic E-state index is 11.6. The summed E-state index contributed by atoms with van der Waals surface area (Å²) in [6.07, 6.45) is 2.23. The number of anilines is 1. The highest BCUT2D eigenvalue weighted by Gasteiger charge is 2.26. The van der Waals surface area contributed by atoms with Crippen molar-refractivity contribution in [3.8, 4) is 0 Å². The molecule has 19 heavy (non-hydrogen) atoms. The predicted molar refractivity (Wildman–Crippen MR) is 78.2 cm³/mol. The molecule has 0 radical (unpaired) electrons. The summed E-state index contributed by atoms with van der Waals surface area (Å²) >= 11 is 7.46. The maximum absolute atomic E-state index is 11.6. The second-order valence-corrected chi connectivity index (χ2v) is 6.54. The van der Waals surface area contributed by atoms with E-state index < -0.39 is 0 Å². The molecule has 1 saturated carbocycles. The fourth-order valence-corrected chi connectivity index (χ4v) is 3.02. The first-order valence-corrected chi connectivity index (χ1v) is 7.44. The van der Waals surface area contributed by atoms with Gasteiger partial charge in [0.2, 0.25) is 0 Å². The molecule has 1 unspecified atom stereocenters. The van der Waals surface area contributed by atoms with Crippen LogP contribution >= 0.6 is 22.9 Å². The number of aromatic nitrogens is 2. The second kappa shape index (κ2) is 4.98. The third kappa shape index (κ3) is 2.98. The average molecular weight is 296 g/mol. The number of thiophene rings is 1. The van der Waals surface area contributed by atoms with Crippen LogP contribution in [0.25, 0.3) is 0 Å². The molecule has 2 N–H and O–H groups in total. The number of H-pyrrole nitrogens is 1. The lowest BCUT2D eigenvalue weighted by atomic mass is 10.3. The lowest BCUT2D eigenvalue weighted by Crippen LogP contribution is -2.14. The van der Waals surface area contributed by atoms with Crippen LogP contribution in [-0.4, -0.2) is 9.97 Å². The minimum Gasteiger partial charge on any atom is -0.363 e. The van der Waals surface area contributed by atoms with Crippen LogP contribution < -0.4 is 10.9 Å². The minimum atomic E-state index is -0.101. The topological polar surface area (TPSA) is 57.8 Å². The first-order valence-electron chi connectivity index (χ1n) is 6.25. The van der Waals surface area contributed by atoms with Crippen molar-refractivity contribution in [2.75, 3.05) is 5.32 Å². The van der Waals surface area contributed by atoms with Crippen LogP contribution in [0, 0.1) is 0 Å². The van der Waals surface area contributed by atoms with E-state index in [1.807, 2.05) is 19.1 Å². The molecule has 1 aliphatic carbocycles. The van der Waals surface area contributed by atoms with Gasteiger partial charge in [-0.15, -0.1) is 11.3 Å². The third-order valence-electron chi connectivity index (χ3n) is 3.11. The Balaban J connectivity index is 1.80. The summed E-state index contributed by atoms with van der Waals surface area (Å²) in [5.41, 5.74) is -0.101. The Morgan fingerprint density at radius 3 is 2.95 bits per heavy atom. The van der Waals surface area contributed by atoms with Gasteiger partial charge >= 0.3 is 0 Å². The van der Waals surface area contributed by atoms with E-state index in [1.165, 1.54) is 17.4 Å². The Morgan fingerprint density at radius 1 is 1.53 bits per heavy atom. The molecule has 0 amide bonds. The number of hydrogen-bond donors (Lipinski definition) is 2. The van der Waals surface area contributed by atoms with Gasteiger partial charge < -0.3 is 10.3 Å². The molecule has 0 spiro atoms. The highest BCUT2D eigenvalue weighted by atomic mass is 35.5. The van der Waals surface area contributed by atoms with Crippen molar-refractivity contribution in [2.45, 2.75) is 31.7 Å². The molecule has 1 atom stereocenters. The summed E-state index contributed by atoms with van der Waals surface area (Å²) in [6.45, 7) is 2.03. The van der Waals surface area contributed by atoms with Gasteiger partial charge in [0.25, 0.3) is 5.56 Å². The fraction of sp³-hybridized carbons (Fsp3) is 0.385. The lowest BCUT2D eigenvalue weighted by Gasteiger charge is -2.13. The molecule has 0 aromatic carbocycles. The molecule has 0 aliphatic heterocycles. The Kier molecular flexibility index (Phi) is 3.33. The van der Waals surface area contributed by atoms with Crippen LogP contribution in [0.5, 0.6) is 0 Å². The van der Waals surface area contributed by atoms with Crippen LogP contribution in [0.4, 0.5) is 5.82 Å².